The molecule has 294 valence electrons. The van der Waals surface area contributed by atoms with Crippen LogP contribution in [-0.2, 0) is 19.1 Å². The zero-order valence-corrected chi connectivity index (χ0v) is 31.1. The number of ketones is 1. The van der Waals surface area contributed by atoms with Gasteiger partial charge in [0.2, 0.25) is 17.6 Å². The van der Waals surface area contributed by atoms with Crippen LogP contribution in [0.3, 0.4) is 0 Å². The summed E-state index contributed by atoms with van der Waals surface area (Å²) < 4.78 is 17.4. The van der Waals surface area contributed by atoms with Gasteiger partial charge in [0.15, 0.2) is 5.58 Å². The number of rotatable bonds is 14. The third-order valence-corrected chi connectivity index (χ3v) is 10.9. The van der Waals surface area contributed by atoms with Crippen molar-refractivity contribution < 1.29 is 37.9 Å². The van der Waals surface area contributed by atoms with Crippen molar-refractivity contribution in [2.75, 3.05) is 39.3 Å². The van der Waals surface area contributed by atoms with E-state index in [0.29, 0.717) is 43.6 Å². The summed E-state index contributed by atoms with van der Waals surface area (Å²) in [5.41, 5.74) is 7.90. The van der Waals surface area contributed by atoms with Gasteiger partial charge < -0.3 is 45.4 Å². The number of carbonyl (C=O) groups is 5. The van der Waals surface area contributed by atoms with Gasteiger partial charge in [0.25, 0.3) is 5.89 Å². The van der Waals surface area contributed by atoms with Crippen LogP contribution in [0.5, 0.6) is 0 Å². The van der Waals surface area contributed by atoms with Gasteiger partial charge in [-0.2, -0.15) is 0 Å². The third kappa shape index (κ3) is 10.4. The van der Waals surface area contributed by atoms with Crippen molar-refractivity contribution in [3.8, 4) is 0 Å². The molecular formula is C39H55N7O8. The molecular weight excluding hydrogens is 694 g/mol. The van der Waals surface area contributed by atoms with Crippen LogP contribution in [0.1, 0.15) is 101 Å². The highest BCUT2D eigenvalue weighted by molar-refractivity contribution is 6.01. The first-order chi connectivity index (χ1) is 26.3. The highest BCUT2D eigenvalue weighted by Gasteiger charge is 2.45. The number of hydrogen-bond donors (Lipinski definition) is 4. The number of ether oxygens (including phenoxy) is 2. The van der Waals surface area contributed by atoms with Crippen molar-refractivity contribution in [2.45, 2.75) is 120 Å². The molecule has 1 aromatic heterocycles. The highest BCUT2D eigenvalue weighted by Crippen LogP contribution is 2.26. The van der Waals surface area contributed by atoms with E-state index in [0.717, 1.165) is 70.9 Å². The highest BCUT2D eigenvalue weighted by atomic mass is 16.6. The minimum Gasteiger partial charge on any atom is -0.446 e. The Morgan fingerprint density at radius 1 is 0.944 bits per heavy atom. The molecule has 0 radical (unpaired) electrons. The Kier molecular flexibility index (Phi) is 13.9. The molecule has 4 atom stereocenters. The standard InChI is InChI=1S/C39H55N7O8/c40-19-7-6-13-30(34(47)36-43-29-12-4-5-14-33(29)54-36)42-35(48)32-24-28(53-39(51)45-22-8-1-9-23-45)25-46(32)37(49)31(16-15-26-17-20-41-21-18-26)44-38(50)52-27-10-2-3-11-27/h4-5,12,14-15,27-28,30-32,41H,1-3,6-11,13,16-25,40H2,(H,42,48)(H,44,50)/t28-,30+,31-,32+/m1/s1. The Bertz CT molecular complexity index is 1610. The second-order valence-electron chi connectivity index (χ2n) is 14.8. The predicted octanol–water partition coefficient (Wildman–Crippen LogP) is 3.95. The number of oxazole rings is 1. The molecule has 1 aromatic carbocycles. The monoisotopic (exact) mass is 749 g/mol. The molecule has 2 aromatic rings. The van der Waals surface area contributed by atoms with E-state index >= 15 is 0 Å². The van der Waals surface area contributed by atoms with Crippen molar-refractivity contribution in [1.29, 1.82) is 0 Å². The maximum Gasteiger partial charge on any atom is 0.410 e. The number of amides is 4. The van der Waals surface area contributed by atoms with Crippen LogP contribution in [0.25, 0.3) is 11.1 Å². The normalized spacial score (nSPS) is 21.8. The summed E-state index contributed by atoms with van der Waals surface area (Å²) in [5.74, 6) is -1.70. The zero-order chi connectivity index (χ0) is 37.9. The Balaban J connectivity index is 1.23. The van der Waals surface area contributed by atoms with E-state index < -0.39 is 54.0 Å². The number of nitrogens with zero attached hydrogens (tertiary/aromatic N) is 3. The smallest absolute Gasteiger partial charge is 0.410 e. The first-order valence-corrected chi connectivity index (χ1v) is 19.8. The Hall–Kier alpha value is -4.50. The van der Waals surface area contributed by atoms with E-state index in [-0.39, 0.29) is 37.8 Å². The average Bonchev–Trinajstić information content (AvgIpc) is 3.97. The first kappa shape index (κ1) is 39.2. The number of nitrogens with one attached hydrogen (secondary N) is 3. The minimum atomic E-state index is -1.09. The van der Waals surface area contributed by atoms with Crippen molar-refractivity contribution in [2.24, 2.45) is 5.73 Å². The second kappa shape index (κ2) is 19.2. The molecule has 54 heavy (non-hydrogen) atoms. The van der Waals surface area contributed by atoms with Crippen LogP contribution in [0, 0.1) is 0 Å². The Morgan fingerprint density at radius 2 is 1.70 bits per heavy atom. The number of benzene rings is 1. The molecule has 3 aliphatic heterocycles. The summed E-state index contributed by atoms with van der Waals surface area (Å²) in [7, 11) is 0. The molecule has 4 aliphatic rings. The van der Waals surface area contributed by atoms with E-state index in [1.807, 2.05) is 6.08 Å². The van der Waals surface area contributed by atoms with Gasteiger partial charge in [-0.15, -0.1) is 0 Å². The average molecular weight is 750 g/mol. The molecule has 1 saturated carbocycles. The van der Waals surface area contributed by atoms with Gasteiger partial charge in [-0.3, -0.25) is 14.4 Å². The molecule has 0 spiro atoms. The number of piperidine rings is 2. The summed E-state index contributed by atoms with van der Waals surface area (Å²) >= 11 is 0. The Labute approximate surface area is 316 Å². The molecule has 0 unspecified atom stereocenters. The number of hydrogen-bond acceptors (Lipinski definition) is 11. The topological polar surface area (TPSA) is 198 Å². The number of nitrogens with two attached hydrogens (primary N) is 1. The van der Waals surface area contributed by atoms with E-state index in [1.54, 1.807) is 29.2 Å². The lowest BCUT2D eigenvalue weighted by atomic mass is 10.0. The zero-order valence-electron chi connectivity index (χ0n) is 31.1. The predicted molar refractivity (Wildman–Crippen MR) is 199 cm³/mol. The van der Waals surface area contributed by atoms with Crippen LogP contribution in [-0.4, -0.2) is 114 Å². The lowest BCUT2D eigenvalue weighted by Crippen LogP contribution is -2.55. The number of para-hydroxylation sites is 2. The molecule has 0 bridgehead atoms. The van der Waals surface area contributed by atoms with E-state index in [2.05, 4.69) is 20.9 Å². The number of unbranched alkanes of at least 4 members (excludes halogenated alkanes) is 1. The summed E-state index contributed by atoms with van der Waals surface area (Å²) in [6.07, 6.45) is 9.48. The fraction of sp³-hybridized carbons (Fsp3) is 0.641. The van der Waals surface area contributed by atoms with Crippen LogP contribution < -0.4 is 21.7 Å². The molecule has 5 N–H and O–H groups in total. The number of carbonyl (C=O) groups excluding carboxylic acids is 5. The van der Waals surface area contributed by atoms with Gasteiger partial charge >= 0.3 is 12.2 Å². The molecule has 4 amide bonds. The fourth-order valence-corrected chi connectivity index (χ4v) is 7.82. The van der Waals surface area contributed by atoms with Crippen LogP contribution in [0.4, 0.5) is 9.59 Å². The van der Waals surface area contributed by atoms with Crippen molar-refractivity contribution in [3.05, 3.63) is 41.8 Å². The van der Waals surface area contributed by atoms with Gasteiger partial charge in [-0.05, 0) is 115 Å². The molecule has 3 saturated heterocycles. The van der Waals surface area contributed by atoms with Crippen molar-refractivity contribution in [1.82, 2.24) is 30.7 Å². The summed E-state index contributed by atoms with van der Waals surface area (Å²) in [5, 5.41) is 9.02. The Morgan fingerprint density at radius 3 is 2.44 bits per heavy atom. The molecule has 4 heterocycles. The molecule has 4 fully saturated rings. The lowest BCUT2D eigenvalue weighted by Gasteiger charge is -2.29. The number of fused-ring (bicyclic) bond motifs is 1. The SMILES string of the molecule is NCCCC[C@H](NC(=O)[C@@H]1C[C@@H](OC(=O)N2CCCCC2)CN1C(=O)[C@@H](CC=C1CCNCC1)NC(=O)OC1CCCC1)C(=O)c1nc2ccccc2o1. The second-order valence-corrected chi connectivity index (χ2v) is 14.8. The fourth-order valence-electron chi connectivity index (χ4n) is 7.82. The number of alkyl carbamates (subject to hydrolysis) is 1. The van der Waals surface area contributed by atoms with E-state index in [4.69, 9.17) is 19.6 Å². The van der Waals surface area contributed by atoms with E-state index in [1.165, 1.54) is 10.5 Å². The van der Waals surface area contributed by atoms with Gasteiger partial charge in [0.1, 0.15) is 29.8 Å². The van der Waals surface area contributed by atoms with Crippen molar-refractivity contribution >= 4 is 40.9 Å². The van der Waals surface area contributed by atoms with Gasteiger partial charge in [0, 0.05) is 19.5 Å². The van der Waals surface area contributed by atoms with Gasteiger partial charge in [-0.25, -0.2) is 14.6 Å². The number of likely N-dealkylation sites (tertiary alicyclic amines) is 2. The van der Waals surface area contributed by atoms with Crippen LogP contribution >= 0.6 is 0 Å². The first-order valence-electron chi connectivity index (χ1n) is 19.8. The summed E-state index contributed by atoms with van der Waals surface area (Å²) in [6, 6.07) is 3.88. The summed E-state index contributed by atoms with van der Waals surface area (Å²) in [6.45, 7) is 3.18. The molecule has 6 rings (SSSR count). The van der Waals surface area contributed by atoms with Crippen molar-refractivity contribution in [3.63, 3.8) is 0 Å². The molecule has 15 nitrogen and oxygen atoms in total. The van der Waals surface area contributed by atoms with Gasteiger partial charge in [0.05, 0.1) is 12.6 Å². The van der Waals surface area contributed by atoms with Gasteiger partial charge in [-0.1, -0.05) is 23.8 Å². The molecule has 1 aliphatic carbocycles. The third-order valence-electron chi connectivity index (χ3n) is 10.9. The molecule has 15 heteroatoms. The maximum atomic E-state index is 14.6. The summed E-state index contributed by atoms with van der Waals surface area (Å²) in [4.78, 5) is 76.5. The van der Waals surface area contributed by atoms with E-state index in [9.17, 15) is 24.0 Å². The largest absolute Gasteiger partial charge is 0.446 e. The van der Waals surface area contributed by atoms with Crippen LogP contribution in [0.2, 0.25) is 0 Å². The minimum absolute atomic E-state index is 0.0236. The van der Waals surface area contributed by atoms with Crippen LogP contribution in [0.15, 0.2) is 40.3 Å². The quantitative estimate of drug-likeness (QED) is 0.124. The number of aromatic nitrogens is 1. The maximum absolute atomic E-state index is 14.6. The lowest BCUT2D eigenvalue weighted by molar-refractivity contribution is -0.140. The number of Topliss-reactive ketones (excluding diaryl/α,β-unsaturated/α-hetero) is 1.